The van der Waals surface area contributed by atoms with E-state index >= 15 is 0 Å². The number of terminal acetylenes is 1. The van der Waals surface area contributed by atoms with Gasteiger partial charge in [-0.05, 0) is 37.6 Å². The molecule has 1 N–H and O–H groups in total. The minimum absolute atomic E-state index is 0.216. The Balaban J connectivity index is 1.74. The van der Waals surface area contributed by atoms with E-state index in [2.05, 4.69) is 15.7 Å². The molecule has 0 radical (unpaired) electrons. The smallest absolute Gasteiger partial charge is 0.125 e. The number of hydrogen-bond donors (Lipinski definition) is 1. The second-order valence-electron chi connectivity index (χ2n) is 6.46. The Bertz CT molecular complexity index is 549. The fraction of sp³-hybridized carbons (Fsp3) is 0.579. The molecule has 0 amide bonds. The van der Waals surface area contributed by atoms with Gasteiger partial charge in [0.1, 0.15) is 11.4 Å². The van der Waals surface area contributed by atoms with Gasteiger partial charge < -0.3 is 14.7 Å². The number of aliphatic hydroxyl groups is 1. The molecule has 0 saturated carbocycles. The summed E-state index contributed by atoms with van der Waals surface area (Å²) in [5, 5.41) is 10.2. The van der Waals surface area contributed by atoms with Crippen molar-refractivity contribution in [1.82, 2.24) is 4.90 Å². The molecule has 132 valence electrons. The van der Waals surface area contributed by atoms with Crippen LogP contribution in [0.3, 0.4) is 0 Å². The van der Waals surface area contributed by atoms with E-state index in [0.717, 1.165) is 31.9 Å². The summed E-state index contributed by atoms with van der Waals surface area (Å²) in [7, 11) is 0. The van der Waals surface area contributed by atoms with E-state index < -0.39 is 11.7 Å². The zero-order valence-electron chi connectivity index (χ0n) is 14.5. The summed E-state index contributed by atoms with van der Waals surface area (Å²) < 4.78 is 18.7. The molecular weight excluding hydrogens is 307 g/mol. The molecule has 4 nitrogen and oxygen atoms in total. The largest absolute Gasteiger partial charge is 0.389 e. The molecule has 1 fully saturated rings. The van der Waals surface area contributed by atoms with Gasteiger partial charge in [0.2, 0.25) is 0 Å². The van der Waals surface area contributed by atoms with Gasteiger partial charge in [0, 0.05) is 38.4 Å². The van der Waals surface area contributed by atoms with Crippen molar-refractivity contribution in [2.75, 3.05) is 44.2 Å². The highest BCUT2D eigenvalue weighted by Gasteiger charge is 2.23. The average molecular weight is 334 g/mol. The SMILES string of the molecule is C#C[C@@](C)(CC)OC[C@@H](O)CN1CCN(c2ccc(F)cc2)CC1. The van der Waals surface area contributed by atoms with Crippen molar-refractivity contribution in [3.8, 4) is 12.3 Å². The van der Waals surface area contributed by atoms with E-state index in [4.69, 9.17) is 11.2 Å². The molecule has 1 aliphatic rings. The monoisotopic (exact) mass is 334 g/mol. The molecule has 24 heavy (non-hydrogen) atoms. The highest BCUT2D eigenvalue weighted by Crippen LogP contribution is 2.17. The Morgan fingerprint density at radius 3 is 2.46 bits per heavy atom. The Kier molecular flexibility index (Phi) is 6.61. The van der Waals surface area contributed by atoms with E-state index in [9.17, 15) is 9.50 Å². The Morgan fingerprint density at radius 1 is 1.29 bits per heavy atom. The molecule has 0 aromatic heterocycles. The lowest BCUT2D eigenvalue weighted by Crippen LogP contribution is -2.49. The van der Waals surface area contributed by atoms with Crippen molar-refractivity contribution in [2.24, 2.45) is 0 Å². The van der Waals surface area contributed by atoms with E-state index in [1.165, 1.54) is 12.1 Å². The Labute approximate surface area is 144 Å². The number of anilines is 1. The number of ether oxygens (including phenoxy) is 1. The second-order valence-corrected chi connectivity index (χ2v) is 6.46. The summed E-state index contributed by atoms with van der Waals surface area (Å²) in [4.78, 5) is 4.44. The first-order valence-corrected chi connectivity index (χ1v) is 8.48. The van der Waals surface area contributed by atoms with Gasteiger partial charge in [0.25, 0.3) is 0 Å². The number of halogens is 1. The first-order chi connectivity index (χ1) is 11.5. The third kappa shape index (κ3) is 5.20. The topological polar surface area (TPSA) is 35.9 Å². The molecule has 0 aliphatic carbocycles. The molecular formula is C19H27FN2O2. The molecule has 0 spiro atoms. The van der Waals surface area contributed by atoms with Gasteiger partial charge in [0.05, 0.1) is 12.7 Å². The van der Waals surface area contributed by atoms with E-state index in [1.54, 1.807) is 12.1 Å². The first-order valence-electron chi connectivity index (χ1n) is 8.48. The summed E-state index contributed by atoms with van der Waals surface area (Å²) in [5.41, 5.74) is 0.426. The van der Waals surface area contributed by atoms with Crippen molar-refractivity contribution in [3.05, 3.63) is 30.1 Å². The van der Waals surface area contributed by atoms with Crippen LogP contribution in [0.15, 0.2) is 24.3 Å². The summed E-state index contributed by atoms with van der Waals surface area (Å²) in [6.07, 6.45) is 5.63. The number of nitrogens with zero attached hydrogens (tertiary/aromatic N) is 2. The number of piperazine rings is 1. The van der Waals surface area contributed by atoms with E-state index in [1.807, 2.05) is 13.8 Å². The van der Waals surface area contributed by atoms with Crippen LogP contribution >= 0.6 is 0 Å². The van der Waals surface area contributed by atoms with E-state index in [-0.39, 0.29) is 12.4 Å². The van der Waals surface area contributed by atoms with Crippen molar-refractivity contribution in [2.45, 2.75) is 32.0 Å². The maximum absolute atomic E-state index is 13.0. The van der Waals surface area contributed by atoms with Crippen LogP contribution in [-0.4, -0.2) is 61.0 Å². The minimum Gasteiger partial charge on any atom is -0.389 e. The van der Waals surface area contributed by atoms with Gasteiger partial charge in [-0.25, -0.2) is 4.39 Å². The predicted octanol–water partition coefficient (Wildman–Crippen LogP) is 2.13. The number of rotatable bonds is 7. The Morgan fingerprint density at radius 2 is 1.92 bits per heavy atom. The summed E-state index contributed by atoms with van der Waals surface area (Å²) in [5.74, 6) is 2.42. The molecule has 1 aliphatic heterocycles. The maximum atomic E-state index is 13.0. The van der Waals surface area contributed by atoms with Gasteiger partial charge >= 0.3 is 0 Å². The summed E-state index contributed by atoms with van der Waals surface area (Å²) in [6, 6.07) is 6.58. The predicted molar refractivity (Wildman–Crippen MR) is 94.5 cm³/mol. The lowest BCUT2D eigenvalue weighted by atomic mass is 10.1. The molecule has 2 atom stereocenters. The van der Waals surface area contributed by atoms with Crippen LogP contribution in [0.2, 0.25) is 0 Å². The molecule has 2 rings (SSSR count). The summed E-state index contributed by atoms with van der Waals surface area (Å²) in [6.45, 7) is 8.08. The van der Waals surface area contributed by atoms with Crippen LogP contribution in [0.1, 0.15) is 20.3 Å². The van der Waals surface area contributed by atoms with Crippen LogP contribution in [-0.2, 0) is 4.74 Å². The molecule has 1 aromatic carbocycles. The van der Waals surface area contributed by atoms with Crippen LogP contribution in [0.5, 0.6) is 0 Å². The molecule has 1 saturated heterocycles. The van der Waals surface area contributed by atoms with E-state index in [0.29, 0.717) is 13.0 Å². The van der Waals surface area contributed by atoms with Crippen molar-refractivity contribution in [1.29, 1.82) is 0 Å². The molecule has 0 bridgehead atoms. The normalized spacial score (nSPS) is 19.5. The molecule has 1 aromatic rings. The van der Waals surface area contributed by atoms with Crippen molar-refractivity contribution in [3.63, 3.8) is 0 Å². The third-order valence-corrected chi connectivity index (χ3v) is 4.61. The Hall–Kier alpha value is -1.61. The zero-order valence-corrected chi connectivity index (χ0v) is 14.5. The second kappa shape index (κ2) is 8.48. The summed E-state index contributed by atoms with van der Waals surface area (Å²) >= 11 is 0. The van der Waals surface area contributed by atoms with Gasteiger partial charge in [-0.1, -0.05) is 12.8 Å². The number of β-amino-alcohol motifs (C(OH)–C–C–N with tert-alkyl or cyclic N) is 1. The van der Waals surface area contributed by atoms with Gasteiger partial charge in [-0.3, -0.25) is 4.90 Å². The van der Waals surface area contributed by atoms with Crippen LogP contribution in [0, 0.1) is 18.2 Å². The number of benzene rings is 1. The van der Waals surface area contributed by atoms with Gasteiger partial charge in [-0.15, -0.1) is 6.42 Å². The highest BCUT2D eigenvalue weighted by molar-refractivity contribution is 5.46. The number of hydrogen-bond acceptors (Lipinski definition) is 4. The lowest BCUT2D eigenvalue weighted by Gasteiger charge is -2.37. The van der Waals surface area contributed by atoms with Crippen LogP contribution < -0.4 is 4.90 Å². The minimum atomic E-state index is -0.609. The third-order valence-electron chi connectivity index (χ3n) is 4.61. The maximum Gasteiger partial charge on any atom is 0.125 e. The van der Waals surface area contributed by atoms with Crippen molar-refractivity contribution >= 4 is 5.69 Å². The van der Waals surface area contributed by atoms with Gasteiger partial charge in [0.15, 0.2) is 0 Å². The molecule has 0 unspecified atom stereocenters. The fourth-order valence-electron chi connectivity index (χ4n) is 2.72. The average Bonchev–Trinajstić information content (AvgIpc) is 2.61. The quantitative estimate of drug-likeness (QED) is 0.775. The van der Waals surface area contributed by atoms with Crippen molar-refractivity contribution < 1.29 is 14.2 Å². The molecule has 1 heterocycles. The van der Waals surface area contributed by atoms with Gasteiger partial charge in [-0.2, -0.15) is 0 Å². The lowest BCUT2D eigenvalue weighted by molar-refractivity contribution is -0.0473. The van der Waals surface area contributed by atoms with Crippen LogP contribution in [0.4, 0.5) is 10.1 Å². The van der Waals surface area contributed by atoms with Crippen LogP contribution in [0.25, 0.3) is 0 Å². The fourth-order valence-corrected chi connectivity index (χ4v) is 2.72. The standard InChI is InChI=1S/C19H27FN2O2/c1-4-19(3,5-2)24-15-18(23)14-21-10-12-22(13-11-21)17-8-6-16(20)7-9-17/h1,6-9,18,23H,5,10-15H2,2-3H3/t18-,19-/m0/s1. The highest BCUT2D eigenvalue weighted by atomic mass is 19.1. The number of aliphatic hydroxyl groups excluding tert-OH is 1. The zero-order chi connectivity index (χ0) is 17.6. The first kappa shape index (κ1) is 18.7. The molecule has 5 heteroatoms.